The zero-order chi connectivity index (χ0) is 10.2. The molecule has 4 heteroatoms. The fourth-order valence-corrected chi connectivity index (χ4v) is 1.65. The summed E-state index contributed by atoms with van der Waals surface area (Å²) in [7, 11) is 0. The minimum absolute atomic E-state index is 0.0101. The highest BCUT2D eigenvalue weighted by Gasteiger charge is 2.41. The Morgan fingerprint density at radius 2 is 2.21 bits per heavy atom. The van der Waals surface area contributed by atoms with Gasteiger partial charge in [-0.1, -0.05) is 0 Å². The molecule has 3 N–H and O–H groups in total. The van der Waals surface area contributed by atoms with Crippen LogP contribution in [0, 0.1) is 13.8 Å². The van der Waals surface area contributed by atoms with Crippen molar-refractivity contribution in [2.24, 2.45) is 0 Å². The molecular formula is C10H17N3O. The van der Waals surface area contributed by atoms with E-state index in [0.717, 1.165) is 30.8 Å². The average Bonchev–Trinajstić information content (AvgIpc) is 2.89. The first kappa shape index (κ1) is 9.68. The number of aryl methyl sites for hydroxylation is 2. The summed E-state index contributed by atoms with van der Waals surface area (Å²) in [6.07, 6.45) is 2.17. The molecule has 14 heavy (non-hydrogen) atoms. The van der Waals surface area contributed by atoms with Gasteiger partial charge in [0, 0.05) is 23.3 Å². The zero-order valence-electron chi connectivity index (χ0n) is 8.72. The Balaban J connectivity index is 1.98. The molecule has 0 aliphatic heterocycles. The molecule has 1 aromatic heterocycles. The van der Waals surface area contributed by atoms with Gasteiger partial charge in [-0.05, 0) is 26.7 Å². The Hall–Kier alpha value is -0.870. The van der Waals surface area contributed by atoms with Gasteiger partial charge in [0.05, 0.1) is 12.3 Å². The summed E-state index contributed by atoms with van der Waals surface area (Å²) in [5.41, 5.74) is 3.40. The Bertz CT molecular complexity index is 309. The van der Waals surface area contributed by atoms with E-state index in [0.29, 0.717) is 0 Å². The first-order valence-electron chi connectivity index (χ1n) is 5.03. The smallest absolute Gasteiger partial charge is 0.0638 e. The maximum absolute atomic E-state index is 9.14. The summed E-state index contributed by atoms with van der Waals surface area (Å²) in [5, 5.41) is 19.6. The minimum Gasteiger partial charge on any atom is -0.394 e. The number of hydrogen-bond acceptors (Lipinski definition) is 3. The van der Waals surface area contributed by atoms with Crippen molar-refractivity contribution >= 4 is 0 Å². The van der Waals surface area contributed by atoms with Gasteiger partial charge in [0.25, 0.3) is 0 Å². The van der Waals surface area contributed by atoms with Crippen LogP contribution in [0.2, 0.25) is 0 Å². The van der Waals surface area contributed by atoms with Crippen molar-refractivity contribution in [2.45, 2.75) is 38.8 Å². The third kappa shape index (κ3) is 1.67. The standard InChI is InChI=1S/C10H17N3O/c1-7-9(8(2)13-12-7)5-11-10(6-14)3-4-10/h11,14H,3-6H2,1-2H3,(H,12,13). The zero-order valence-corrected chi connectivity index (χ0v) is 8.72. The summed E-state index contributed by atoms with van der Waals surface area (Å²) in [6.45, 7) is 5.06. The second kappa shape index (κ2) is 3.37. The van der Waals surface area contributed by atoms with Gasteiger partial charge in [0.15, 0.2) is 0 Å². The van der Waals surface area contributed by atoms with E-state index in [4.69, 9.17) is 5.11 Å². The first-order valence-corrected chi connectivity index (χ1v) is 5.03. The highest BCUT2D eigenvalue weighted by atomic mass is 16.3. The fraction of sp³-hybridized carbons (Fsp3) is 0.700. The number of hydrogen-bond donors (Lipinski definition) is 3. The minimum atomic E-state index is 0.0101. The Labute approximate surface area is 83.7 Å². The van der Waals surface area contributed by atoms with Gasteiger partial charge in [0.1, 0.15) is 0 Å². The van der Waals surface area contributed by atoms with Gasteiger partial charge in [0.2, 0.25) is 0 Å². The lowest BCUT2D eigenvalue weighted by Gasteiger charge is -2.13. The molecule has 1 fully saturated rings. The molecule has 1 saturated carbocycles. The van der Waals surface area contributed by atoms with Crippen molar-refractivity contribution in [3.63, 3.8) is 0 Å². The van der Waals surface area contributed by atoms with Gasteiger partial charge in [-0.3, -0.25) is 5.10 Å². The SMILES string of the molecule is Cc1n[nH]c(C)c1CNC1(CO)CC1. The van der Waals surface area contributed by atoms with E-state index in [9.17, 15) is 0 Å². The van der Waals surface area contributed by atoms with Crippen LogP contribution in [-0.2, 0) is 6.54 Å². The van der Waals surface area contributed by atoms with Gasteiger partial charge >= 0.3 is 0 Å². The van der Waals surface area contributed by atoms with Gasteiger partial charge in [-0.25, -0.2) is 0 Å². The summed E-state index contributed by atoms with van der Waals surface area (Å²) in [4.78, 5) is 0. The van der Waals surface area contributed by atoms with Crippen LogP contribution in [0.15, 0.2) is 0 Å². The molecule has 0 saturated heterocycles. The molecule has 1 heterocycles. The molecule has 0 radical (unpaired) electrons. The van der Waals surface area contributed by atoms with Crippen molar-refractivity contribution < 1.29 is 5.11 Å². The van der Waals surface area contributed by atoms with E-state index in [1.165, 1.54) is 5.56 Å². The molecular weight excluding hydrogens is 178 g/mol. The van der Waals surface area contributed by atoms with Crippen LogP contribution < -0.4 is 5.32 Å². The number of aliphatic hydroxyl groups excluding tert-OH is 1. The largest absolute Gasteiger partial charge is 0.394 e. The van der Waals surface area contributed by atoms with Crippen LogP contribution in [0.25, 0.3) is 0 Å². The van der Waals surface area contributed by atoms with E-state index in [-0.39, 0.29) is 12.1 Å². The lowest BCUT2D eigenvalue weighted by atomic mass is 10.2. The fourth-order valence-electron chi connectivity index (χ4n) is 1.65. The number of aromatic amines is 1. The van der Waals surface area contributed by atoms with Gasteiger partial charge in [-0.15, -0.1) is 0 Å². The van der Waals surface area contributed by atoms with E-state index < -0.39 is 0 Å². The molecule has 2 rings (SSSR count). The average molecular weight is 195 g/mol. The van der Waals surface area contributed by atoms with E-state index in [2.05, 4.69) is 15.5 Å². The number of nitrogens with zero attached hydrogens (tertiary/aromatic N) is 1. The molecule has 0 aromatic carbocycles. The van der Waals surface area contributed by atoms with Crippen LogP contribution in [0.4, 0.5) is 0 Å². The highest BCUT2D eigenvalue weighted by molar-refractivity contribution is 5.23. The van der Waals surface area contributed by atoms with E-state index in [1.807, 2.05) is 13.8 Å². The normalized spacial score (nSPS) is 18.5. The van der Waals surface area contributed by atoms with Crippen molar-refractivity contribution in [1.29, 1.82) is 0 Å². The first-order chi connectivity index (χ1) is 6.67. The molecule has 0 bridgehead atoms. The molecule has 1 aromatic rings. The van der Waals surface area contributed by atoms with Crippen molar-refractivity contribution in [3.8, 4) is 0 Å². The molecule has 1 aliphatic rings. The number of aromatic nitrogens is 2. The Kier molecular flexibility index (Phi) is 2.33. The third-order valence-corrected chi connectivity index (χ3v) is 3.08. The molecule has 4 nitrogen and oxygen atoms in total. The van der Waals surface area contributed by atoms with Crippen LogP contribution in [0.1, 0.15) is 29.8 Å². The molecule has 0 spiro atoms. The molecule has 1 aliphatic carbocycles. The van der Waals surface area contributed by atoms with Crippen LogP contribution in [0.5, 0.6) is 0 Å². The predicted octanol–water partition coefficient (Wildman–Crippen LogP) is 0.641. The molecule has 0 unspecified atom stereocenters. The highest BCUT2D eigenvalue weighted by Crippen LogP contribution is 2.34. The van der Waals surface area contributed by atoms with E-state index >= 15 is 0 Å². The summed E-state index contributed by atoms with van der Waals surface area (Å²) in [5.74, 6) is 0. The number of nitrogens with one attached hydrogen (secondary N) is 2. The number of H-pyrrole nitrogens is 1. The van der Waals surface area contributed by atoms with Gasteiger partial charge in [-0.2, -0.15) is 5.10 Å². The van der Waals surface area contributed by atoms with Crippen LogP contribution in [-0.4, -0.2) is 27.4 Å². The predicted molar refractivity (Wildman–Crippen MR) is 54.0 cm³/mol. The number of aliphatic hydroxyl groups is 1. The van der Waals surface area contributed by atoms with Crippen LogP contribution in [0.3, 0.4) is 0 Å². The summed E-state index contributed by atoms with van der Waals surface area (Å²) < 4.78 is 0. The van der Waals surface area contributed by atoms with Crippen molar-refractivity contribution in [2.75, 3.05) is 6.61 Å². The summed E-state index contributed by atoms with van der Waals surface area (Å²) >= 11 is 0. The number of rotatable bonds is 4. The topological polar surface area (TPSA) is 60.9 Å². The second-order valence-electron chi connectivity index (χ2n) is 4.20. The lowest BCUT2D eigenvalue weighted by molar-refractivity contribution is 0.229. The summed E-state index contributed by atoms with van der Waals surface area (Å²) in [6, 6.07) is 0. The van der Waals surface area contributed by atoms with Crippen molar-refractivity contribution in [1.82, 2.24) is 15.5 Å². The van der Waals surface area contributed by atoms with Crippen molar-refractivity contribution in [3.05, 3.63) is 17.0 Å². The third-order valence-electron chi connectivity index (χ3n) is 3.08. The van der Waals surface area contributed by atoms with Gasteiger partial charge < -0.3 is 10.4 Å². The second-order valence-corrected chi connectivity index (χ2v) is 4.20. The molecule has 0 atom stereocenters. The lowest BCUT2D eigenvalue weighted by Crippen LogP contribution is -2.34. The molecule has 78 valence electrons. The quantitative estimate of drug-likeness (QED) is 0.660. The molecule has 0 amide bonds. The Morgan fingerprint density at radius 1 is 1.50 bits per heavy atom. The maximum atomic E-state index is 9.14. The monoisotopic (exact) mass is 195 g/mol. The Morgan fingerprint density at radius 3 is 2.64 bits per heavy atom. The maximum Gasteiger partial charge on any atom is 0.0638 e. The van der Waals surface area contributed by atoms with E-state index in [1.54, 1.807) is 0 Å². The van der Waals surface area contributed by atoms with Crippen LogP contribution >= 0.6 is 0 Å².